The molecule has 0 aromatic carbocycles. The predicted molar refractivity (Wildman–Crippen MR) is 66.2 cm³/mol. The molecule has 1 N–H and O–H groups in total. The second-order valence-corrected chi connectivity index (χ2v) is 5.19. The minimum Gasteiger partial charge on any atom is -0.421 e. The van der Waals surface area contributed by atoms with E-state index in [9.17, 15) is 0 Å². The molecule has 0 aliphatic carbocycles. The lowest BCUT2D eigenvalue weighted by Crippen LogP contribution is -2.58. The van der Waals surface area contributed by atoms with Crippen LogP contribution in [0.15, 0.2) is 23.7 Å². The maximum absolute atomic E-state index is 5.74. The largest absolute Gasteiger partial charge is 0.421 e. The Morgan fingerprint density at radius 3 is 2.79 bits per heavy atom. The maximum Gasteiger partial charge on any atom is 0.318 e. The van der Waals surface area contributed by atoms with Gasteiger partial charge in [-0.2, -0.15) is 4.99 Å². The molecule has 1 spiro atoms. The molecule has 0 amide bonds. The second-order valence-electron chi connectivity index (χ2n) is 5.19. The van der Waals surface area contributed by atoms with Crippen molar-refractivity contribution in [3.8, 4) is 5.75 Å². The Morgan fingerprint density at radius 1 is 1.32 bits per heavy atom. The van der Waals surface area contributed by atoms with Crippen LogP contribution in [0.5, 0.6) is 5.75 Å². The molecule has 3 fully saturated rings. The van der Waals surface area contributed by atoms with Crippen molar-refractivity contribution in [1.29, 1.82) is 0 Å². The van der Waals surface area contributed by atoms with E-state index in [2.05, 4.69) is 25.3 Å². The number of hydrogen-bond acceptors (Lipinski definition) is 7. The quantitative estimate of drug-likeness (QED) is 0.777. The second kappa shape index (κ2) is 4.14. The van der Waals surface area contributed by atoms with Gasteiger partial charge in [-0.3, -0.25) is 4.90 Å². The van der Waals surface area contributed by atoms with Crippen molar-refractivity contribution in [2.75, 3.05) is 19.6 Å². The molecule has 3 saturated heterocycles. The van der Waals surface area contributed by atoms with E-state index in [1.807, 2.05) is 0 Å². The third kappa shape index (κ3) is 1.85. The first-order valence-electron chi connectivity index (χ1n) is 6.53. The van der Waals surface area contributed by atoms with Crippen LogP contribution in [0.3, 0.4) is 0 Å². The van der Waals surface area contributed by atoms with Crippen molar-refractivity contribution < 1.29 is 9.57 Å². The SMILES string of the molecule is c1ncc(OC2=NC3(CN4CCC3CC4)ON2)cn1. The van der Waals surface area contributed by atoms with E-state index in [0.29, 0.717) is 17.7 Å². The minimum atomic E-state index is -0.471. The van der Waals surface area contributed by atoms with Gasteiger partial charge in [-0.15, -0.1) is 0 Å². The van der Waals surface area contributed by atoms with Gasteiger partial charge >= 0.3 is 6.02 Å². The number of amidine groups is 1. The van der Waals surface area contributed by atoms with E-state index in [0.717, 1.165) is 32.5 Å². The van der Waals surface area contributed by atoms with E-state index in [1.165, 1.54) is 6.33 Å². The lowest BCUT2D eigenvalue weighted by Gasteiger charge is -2.47. The van der Waals surface area contributed by atoms with Crippen LogP contribution in [-0.4, -0.2) is 46.2 Å². The lowest BCUT2D eigenvalue weighted by molar-refractivity contribution is -0.155. The Morgan fingerprint density at radius 2 is 2.11 bits per heavy atom. The first-order valence-corrected chi connectivity index (χ1v) is 6.53. The number of hydroxylamine groups is 1. The van der Waals surface area contributed by atoms with Crippen molar-refractivity contribution in [2.24, 2.45) is 10.9 Å². The van der Waals surface area contributed by atoms with Crippen molar-refractivity contribution in [1.82, 2.24) is 20.3 Å². The number of aliphatic imine (C=N–C) groups is 1. The van der Waals surface area contributed by atoms with Gasteiger partial charge in [-0.05, 0) is 25.9 Å². The van der Waals surface area contributed by atoms with Crippen LogP contribution >= 0.6 is 0 Å². The normalized spacial score (nSPS) is 36.1. The van der Waals surface area contributed by atoms with E-state index in [4.69, 9.17) is 9.57 Å². The molecule has 5 rings (SSSR count). The lowest BCUT2D eigenvalue weighted by atomic mass is 9.81. The van der Waals surface area contributed by atoms with E-state index in [1.54, 1.807) is 12.4 Å². The molecule has 0 radical (unpaired) electrons. The van der Waals surface area contributed by atoms with Gasteiger partial charge in [-0.25, -0.2) is 20.3 Å². The highest BCUT2D eigenvalue weighted by Crippen LogP contribution is 2.40. The Balaban J connectivity index is 1.55. The first kappa shape index (κ1) is 11.1. The summed E-state index contributed by atoms with van der Waals surface area (Å²) in [6, 6.07) is 0.392. The first-order chi connectivity index (χ1) is 9.34. The molecule has 7 nitrogen and oxygen atoms in total. The highest BCUT2D eigenvalue weighted by Gasteiger charge is 2.51. The topological polar surface area (TPSA) is 71.9 Å². The summed E-state index contributed by atoms with van der Waals surface area (Å²) >= 11 is 0. The van der Waals surface area contributed by atoms with Crippen LogP contribution < -0.4 is 10.2 Å². The van der Waals surface area contributed by atoms with E-state index < -0.39 is 5.72 Å². The number of hydrogen-bond donors (Lipinski definition) is 1. The summed E-state index contributed by atoms with van der Waals surface area (Å²) in [4.78, 5) is 20.6. The highest BCUT2D eigenvalue weighted by atomic mass is 16.7. The molecule has 7 heteroatoms. The number of aromatic nitrogens is 2. The molecule has 0 saturated carbocycles. The molecule has 1 atom stereocenters. The number of rotatable bonds is 1. The molecule has 4 aliphatic rings. The summed E-state index contributed by atoms with van der Waals surface area (Å²) in [7, 11) is 0. The van der Waals surface area contributed by atoms with Gasteiger partial charge in [0.15, 0.2) is 5.75 Å². The van der Waals surface area contributed by atoms with Crippen LogP contribution in [0.25, 0.3) is 0 Å². The average molecular weight is 261 g/mol. The molecule has 1 aromatic rings. The molecule has 1 aromatic heterocycles. The molecular weight excluding hydrogens is 246 g/mol. The third-order valence-corrected chi connectivity index (χ3v) is 4.03. The van der Waals surface area contributed by atoms with Crippen LogP contribution in [-0.2, 0) is 4.84 Å². The van der Waals surface area contributed by atoms with E-state index in [-0.39, 0.29) is 0 Å². The molecule has 2 bridgehead atoms. The summed E-state index contributed by atoms with van der Waals surface area (Å²) < 4.78 is 5.58. The number of piperidine rings is 3. The van der Waals surface area contributed by atoms with Gasteiger partial charge in [0.2, 0.25) is 5.72 Å². The van der Waals surface area contributed by atoms with Gasteiger partial charge in [0.05, 0.1) is 18.9 Å². The fraction of sp³-hybridized carbons (Fsp3) is 0.583. The van der Waals surface area contributed by atoms with E-state index >= 15 is 0 Å². The molecule has 100 valence electrons. The summed E-state index contributed by atoms with van der Waals surface area (Å²) in [5.74, 6) is 1.02. The summed E-state index contributed by atoms with van der Waals surface area (Å²) in [6.07, 6.45) is 6.92. The fourth-order valence-corrected chi connectivity index (χ4v) is 3.08. The monoisotopic (exact) mass is 261 g/mol. The third-order valence-electron chi connectivity index (χ3n) is 4.03. The van der Waals surface area contributed by atoms with Crippen molar-refractivity contribution in [3.63, 3.8) is 0 Å². The number of nitrogens with zero attached hydrogens (tertiary/aromatic N) is 4. The Bertz CT molecular complexity index is 500. The Labute approximate surface area is 110 Å². The molecule has 5 heterocycles. The highest BCUT2D eigenvalue weighted by molar-refractivity contribution is 5.76. The summed E-state index contributed by atoms with van der Waals surface area (Å²) in [5, 5.41) is 0. The predicted octanol–water partition coefficient (Wildman–Crippen LogP) is 0.168. The molecule has 1 unspecified atom stereocenters. The molecule has 19 heavy (non-hydrogen) atoms. The molecular formula is C12H15N5O2. The zero-order valence-corrected chi connectivity index (χ0v) is 10.5. The van der Waals surface area contributed by atoms with Gasteiger partial charge < -0.3 is 4.74 Å². The maximum atomic E-state index is 5.74. The van der Waals surface area contributed by atoms with Gasteiger partial charge in [0.25, 0.3) is 0 Å². The summed E-state index contributed by atoms with van der Waals surface area (Å²) in [6.45, 7) is 3.13. The summed E-state index contributed by atoms with van der Waals surface area (Å²) in [5.41, 5.74) is 2.33. The van der Waals surface area contributed by atoms with Crippen molar-refractivity contribution in [3.05, 3.63) is 18.7 Å². The van der Waals surface area contributed by atoms with Gasteiger partial charge in [0, 0.05) is 5.92 Å². The fourth-order valence-electron chi connectivity index (χ4n) is 3.08. The number of nitrogens with one attached hydrogen (secondary N) is 1. The van der Waals surface area contributed by atoms with Crippen LogP contribution in [0, 0.1) is 5.92 Å². The van der Waals surface area contributed by atoms with Crippen molar-refractivity contribution >= 4 is 6.02 Å². The average Bonchev–Trinajstić information content (AvgIpc) is 2.84. The smallest absolute Gasteiger partial charge is 0.318 e. The van der Waals surface area contributed by atoms with Crippen LogP contribution in [0.1, 0.15) is 12.8 Å². The molecule has 4 aliphatic heterocycles. The van der Waals surface area contributed by atoms with Crippen LogP contribution in [0.2, 0.25) is 0 Å². The number of fused-ring (bicyclic) bond motifs is 2. The zero-order chi connectivity index (χ0) is 12.7. The zero-order valence-electron chi connectivity index (χ0n) is 10.5. The Hall–Kier alpha value is -1.73. The van der Waals surface area contributed by atoms with Gasteiger partial charge in [-0.1, -0.05) is 0 Å². The van der Waals surface area contributed by atoms with Gasteiger partial charge in [0.1, 0.15) is 6.33 Å². The van der Waals surface area contributed by atoms with Crippen molar-refractivity contribution in [2.45, 2.75) is 18.6 Å². The number of ether oxygens (including phenoxy) is 1. The van der Waals surface area contributed by atoms with Crippen LogP contribution in [0.4, 0.5) is 0 Å². The standard InChI is InChI=1S/C12H15N5O2/c1-3-17-4-2-9(1)12(7-17)15-11(16-19-12)18-10-5-13-8-14-6-10/h5-6,8-9H,1-4,7H2,(H,15,16). The Kier molecular flexibility index (Phi) is 2.42. The minimum absolute atomic E-state index is 0.392.